The summed E-state index contributed by atoms with van der Waals surface area (Å²) in [6.45, 7) is 6.12. The van der Waals surface area contributed by atoms with E-state index in [1.807, 2.05) is 25.1 Å². The number of nitrogens with one attached hydrogen (secondary N) is 1. The smallest absolute Gasteiger partial charge is 0.264 e. The van der Waals surface area contributed by atoms with Gasteiger partial charge in [0.25, 0.3) is 5.91 Å². The first-order valence-electron chi connectivity index (χ1n) is 17.5. The van der Waals surface area contributed by atoms with Crippen LogP contribution in [0.3, 0.4) is 0 Å². The van der Waals surface area contributed by atoms with Crippen molar-refractivity contribution in [1.82, 2.24) is 4.72 Å². The third-order valence-electron chi connectivity index (χ3n) is 11.3. The van der Waals surface area contributed by atoms with E-state index in [0.29, 0.717) is 55.8 Å². The highest BCUT2D eigenvalue weighted by atomic mass is 35.5. The third kappa shape index (κ3) is 6.83. The van der Waals surface area contributed by atoms with Crippen LogP contribution in [0.4, 0.5) is 5.69 Å². The predicted octanol–water partition coefficient (Wildman–Crippen LogP) is 6.45. The molecule has 1 unspecified atom stereocenters. The lowest BCUT2D eigenvalue weighted by Crippen LogP contribution is -2.49. The first-order chi connectivity index (χ1) is 22.7. The van der Waals surface area contributed by atoms with Crippen LogP contribution in [0.1, 0.15) is 79.8 Å². The molecule has 1 amide bonds. The average Bonchev–Trinajstić information content (AvgIpc) is 3.51. The summed E-state index contributed by atoms with van der Waals surface area (Å²) < 4.78 is 48.1. The summed E-state index contributed by atoms with van der Waals surface area (Å²) in [6.07, 6.45) is 11.9. The van der Waals surface area contributed by atoms with Crippen molar-refractivity contribution in [3.05, 3.63) is 70.3 Å². The van der Waals surface area contributed by atoms with Crippen molar-refractivity contribution in [2.24, 2.45) is 17.8 Å². The topological polar surface area (TPSA) is 94.2 Å². The molecule has 3 aliphatic heterocycles. The van der Waals surface area contributed by atoms with Gasteiger partial charge in [-0.1, -0.05) is 36.7 Å². The number of hydrogen-bond donors (Lipinski definition) is 1. The molecule has 0 radical (unpaired) electrons. The molecule has 254 valence electrons. The minimum Gasteiger partial charge on any atom is -0.490 e. The van der Waals surface area contributed by atoms with Gasteiger partial charge in [0.2, 0.25) is 10.0 Å². The molecule has 10 heteroatoms. The van der Waals surface area contributed by atoms with Crippen LogP contribution in [0.25, 0.3) is 0 Å². The summed E-state index contributed by atoms with van der Waals surface area (Å²) >= 11 is 6.45. The van der Waals surface area contributed by atoms with Crippen LogP contribution in [0, 0.1) is 17.8 Å². The van der Waals surface area contributed by atoms with Gasteiger partial charge >= 0.3 is 0 Å². The lowest BCUT2D eigenvalue weighted by molar-refractivity contribution is -0.0282. The van der Waals surface area contributed by atoms with E-state index in [-0.39, 0.29) is 11.5 Å². The number of amides is 1. The van der Waals surface area contributed by atoms with Crippen LogP contribution in [0.2, 0.25) is 5.02 Å². The largest absolute Gasteiger partial charge is 0.490 e. The lowest BCUT2D eigenvalue weighted by atomic mass is 9.68. The number of rotatable bonds is 4. The fourth-order valence-corrected chi connectivity index (χ4v) is 10.1. The summed E-state index contributed by atoms with van der Waals surface area (Å²) in [4.78, 5) is 15.9. The quantitative estimate of drug-likeness (QED) is 0.371. The molecular weight excluding hydrogens is 636 g/mol. The molecule has 1 N–H and O–H groups in total. The van der Waals surface area contributed by atoms with Crippen molar-refractivity contribution in [2.75, 3.05) is 44.4 Å². The maximum absolute atomic E-state index is 13.5. The van der Waals surface area contributed by atoms with Crippen molar-refractivity contribution >= 4 is 33.2 Å². The number of carbonyl (C=O) groups excluding carboxylic acids is 1. The van der Waals surface area contributed by atoms with E-state index < -0.39 is 21.2 Å². The number of nitrogens with zero attached hydrogens (tertiary/aromatic N) is 1. The molecule has 47 heavy (non-hydrogen) atoms. The summed E-state index contributed by atoms with van der Waals surface area (Å²) in [5, 5.41) is 0.0796. The molecule has 2 aromatic carbocycles. The third-order valence-corrected chi connectivity index (χ3v) is 13.5. The average molecular weight is 683 g/mol. The number of benzene rings is 2. The van der Waals surface area contributed by atoms with Gasteiger partial charge in [0.15, 0.2) is 0 Å². The Labute approximate surface area is 284 Å². The van der Waals surface area contributed by atoms with Crippen molar-refractivity contribution in [1.29, 1.82) is 0 Å². The second kappa shape index (κ2) is 13.7. The monoisotopic (exact) mass is 682 g/mol. The minimum absolute atomic E-state index is 0.0424. The Bertz CT molecular complexity index is 1610. The van der Waals surface area contributed by atoms with Crippen LogP contribution < -0.4 is 14.4 Å². The molecule has 1 saturated carbocycles. The maximum atomic E-state index is 13.5. The SMILES string of the molecule is CC[C@@H]1CC/C=C/[C@H](OCC2CCOC2)[C@@H]2CC[C@H]2CN2C[C@@]3(CCCc4cc(Cl)ccc43)COc3ccc(cc32)C(=O)NS1(=O)=O. The van der Waals surface area contributed by atoms with E-state index in [2.05, 4.69) is 33.9 Å². The van der Waals surface area contributed by atoms with Crippen molar-refractivity contribution in [2.45, 2.75) is 81.5 Å². The van der Waals surface area contributed by atoms with Crippen LogP contribution >= 0.6 is 11.6 Å². The molecule has 5 aliphatic rings. The number of fused-ring (bicyclic) bond motifs is 4. The van der Waals surface area contributed by atoms with Gasteiger partial charge in [-0.25, -0.2) is 13.1 Å². The van der Waals surface area contributed by atoms with E-state index in [9.17, 15) is 13.2 Å². The zero-order chi connectivity index (χ0) is 32.6. The van der Waals surface area contributed by atoms with Gasteiger partial charge < -0.3 is 19.1 Å². The molecule has 2 bridgehead atoms. The Morgan fingerprint density at radius 2 is 2.02 bits per heavy atom. The summed E-state index contributed by atoms with van der Waals surface area (Å²) in [5.74, 6) is 1.28. The first kappa shape index (κ1) is 32.9. The molecule has 2 aliphatic carbocycles. The summed E-state index contributed by atoms with van der Waals surface area (Å²) in [6, 6.07) is 11.6. The molecule has 2 fully saturated rings. The van der Waals surface area contributed by atoms with Crippen molar-refractivity contribution in [3.8, 4) is 5.75 Å². The molecule has 1 saturated heterocycles. The van der Waals surface area contributed by atoms with Gasteiger partial charge in [-0.3, -0.25) is 4.79 Å². The number of ether oxygens (including phenoxy) is 3. The number of carbonyl (C=O) groups is 1. The number of allylic oxidation sites excluding steroid dienone is 1. The van der Waals surface area contributed by atoms with Crippen LogP contribution in [-0.4, -0.2) is 65.2 Å². The Morgan fingerprint density at radius 3 is 2.81 bits per heavy atom. The van der Waals surface area contributed by atoms with Crippen molar-refractivity contribution in [3.63, 3.8) is 0 Å². The van der Waals surface area contributed by atoms with Gasteiger partial charge in [0.1, 0.15) is 5.75 Å². The van der Waals surface area contributed by atoms with Gasteiger partial charge in [-0.2, -0.15) is 0 Å². The summed E-state index contributed by atoms with van der Waals surface area (Å²) in [7, 11) is -3.88. The highest BCUT2D eigenvalue weighted by Crippen LogP contribution is 2.47. The Hall–Kier alpha value is -2.59. The minimum atomic E-state index is -3.88. The Morgan fingerprint density at radius 1 is 1.13 bits per heavy atom. The maximum Gasteiger partial charge on any atom is 0.264 e. The molecule has 0 aromatic heterocycles. The lowest BCUT2D eigenvalue weighted by Gasteiger charge is -2.46. The van der Waals surface area contributed by atoms with E-state index in [1.165, 1.54) is 11.1 Å². The van der Waals surface area contributed by atoms with Gasteiger partial charge in [0.05, 0.1) is 36.9 Å². The molecule has 8 nitrogen and oxygen atoms in total. The van der Waals surface area contributed by atoms with Gasteiger partial charge in [-0.15, -0.1) is 0 Å². The molecule has 2 aromatic rings. The van der Waals surface area contributed by atoms with Crippen molar-refractivity contribution < 1.29 is 27.4 Å². The Kier molecular flexibility index (Phi) is 9.62. The van der Waals surface area contributed by atoms with E-state index in [4.69, 9.17) is 25.8 Å². The number of aryl methyl sites for hydroxylation is 1. The molecule has 1 spiro atoms. The van der Waals surface area contributed by atoms with Crippen LogP contribution in [0.15, 0.2) is 48.6 Å². The van der Waals surface area contributed by atoms with Crippen LogP contribution in [-0.2, 0) is 31.3 Å². The molecule has 7 rings (SSSR count). The number of sulfonamides is 1. The van der Waals surface area contributed by atoms with Crippen LogP contribution in [0.5, 0.6) is 5.75 Å². The van der Waals surface area contributed by atoms with Gasteiger partial charge in [-0.05, 0) is 111 Å². The molecule has 6 atom stereocenters. The first-order valence-corrected chi connectivity index (χ1v) is 19.4. The standard InChI is InChI=1S/C37H47ClN2O6S/c1-2-30-7-3-4-8-34(45-22-25-15-17-44-21-25)31-12-9-28(31)20-40-23-37(16-5-6-26-18-29(38)11-13-32(26)37)24-46-35-14-10-27(19-33(35)40)36(41)39-47(30,42)43/h4,8,10-11,13-14,18-19,25,28,30-31,34H,2-3,5-7,9,12,15-17,20-24H2,1H3,(H,39,41)/b8-4+/t25?,28-,30+,31+,34-,37-/m0/s1. The summed E-state index contributed by atoms with van der Waals surface area (Å²) in [5.41, 5.74) is 3.49. The molecule has 3 heterocycles. The second-order valence-electron chi connectivity index (χ2n) is 14.3. The normalized spacial score (nSPS) is 32.7. The predicted molar refractivity (Wildman–Crippen MR) is 184 cm³/mol. The zero-order valence-electron chi connectivity index (χ0n) is 27.3. The number of halogens is 1. The number of anilines is 1. The van der Waals surface area contributed by atoms with Gasteiger partial charge in [0, 0.05) is 41.6 Å². The highest BCUT2D eigenvalue weighted by Gasteiger charge is 2.44. The zero-order valence-corrected chi connectivity index (χ0v) is 28.9. The second-order valence-corrected chi connectivity index (χ2v) is 16.7. The van der Waals surface area contributed by atoms with E-state index >= 15 is 0 Å². The molecular formula is C37H47ClN2O6S. The Balaban J connectivity index is 1.26. The van der Waals surface area contributed by atoms with E-state index in [0.717, 1.165) is 81.3 Å². The highest BCUT2D eigenvalue weighted by molar-refractivity contribution is 7.90. The fourth-order valence-electron chi connectivity index (χ4n) is 8.44. The van der Waals surface area contributed by atoms with E-state index in [1.54, 1.807) is 6.07 Å². The number of hydrogen-bond acceptors (Lipinski definition) is 7. The fraction of sp³-hybridized carbons (Fsp3) is 0.595.